The second-order valence-corrected chi connectivity index (χ2v) is 9.00. The largest absolute Gasteiger partial charge is 0.348 e. The average molecular weight is 425 g/mol. The summed E-state index contributed by atoms with van der Waals surface area (Å²) >= 11 is 12.4. The van der Waals surface area contributed by atoms with Crippen LogP contribution in [0.5, 0.6) is 0 Å². The van der Waals surface area contributed by atoms with Gasteiger partial charge in [0.15, 0.2) is 0 Å². The average Bonchev–Trinajstić information content (AvgIpc) is 3.10. The Morgan fingerprint density at radius 3 is 2.44 bits per heavy atom. The highest BCUT2D eigenvalue weighted by molar-refractivity contribution is 7.89. The highest BCUT2D eigenvalue weighted by Crippen LogP contribution is 2.39. The van der Waals surface area contributed by atoms with E-state index in [2.05, 4.69) is 0 Å². The van der Waals surface area contributed by atoms with Crippen molar-refractivity contribution in [2.45, 2.75) is 17.5 Å². The van der Waals surface area contributed by atoms with Crippen LogP contribution in [0.2, 0.25) is 10.0 Å². The molecule has 0 aliphatic carbocycles. The van der Waals surface area contributed by atoms with Crippen LogP contribution in [0.25, 0.3) is 0 Å². The summed E-state index contributed by atoms with van der Waals surface area (Å²) in [5, 5.41) is 0.865. The lowest BCUT2D eigenvalue weighted by Gasteiger charge is -2.36. The summed E-state index contributed by atoms with van der Waals surface area (Å²) in [4.78, 5) is 0.0407. The topological polar surface area (TPSA) is 42.3 Å². The monoisotopic (exact) mass is 424 g/mol. The van der Waals surface area contributed by atoms with Crippen LogP contribution >= 0.6 is 23.2 Å². The van der Waals surface area contributed by atoms with Gasteiger partial charge in [0.05, 0.1) is 10.9 Å². The van der Waals surface area contributed by atoms with E-state index < -0.39 is 21.9 Å². The Kier molecular flexibility index (Phi) is 4.76. The fraction of sp³-hybridized carbons (Fsp3) is 0.158. The van der Waals surface area contributed by atoms with Gasteiger partial charge >= 0.3 is 0 Å². The minimum absolute atomic E-state index is 0.0407. The molecular weight excluding hydrogens is 410 g/mol. The summed E-state index contributed by atoms with van der Waals surface area (Å²) in [6.45, 7) is 0.787. The van der Waals surface area contributed by atoms with Gasteiger partial charge in [0.25, 0.3) is 0 Å². The predicted octanol–water partition coefficient (Wildman–Crippen LogP) is 4.73. The number of benzene rings is 2. The summed E-state index contributed by atoms with van der Waals surface area (Å²) in [6.07, 6.45) is 1.91. The number of rotatable bonds is 3. The molecule has 0 spiro atoms. The third kappa shape index (κ3) is 3.27. The number of nitrogens with zero attached hydrogens (tertiary/aromatic N) is 2. The van der Waals surface area contributed by atoms with E-state index in [4.69, 9.17) is 23.2 Å². The molecule has 0 unspecified atom stereocenters. The van der Waals surface area contributed by atoms with E-state index in [1.54, 1.807) is 18.2 Å². The van der Waals surface area contributed by atoms with Gasteiger partial charge in [0.1, 0.15) is 5.82 Å². The van der Waals surface area contributed by atoms with Crippen molar-refractivity contribution in [3.05, 3.63) is 87.9 Å². The van der Waals surface area contributed by atoms with Crippen molar-refractivity contribution in [1.29, 1.82) is 0 Å². The third-order valence-electron chi connectivity index (χ3n) is 4.67. The molecule has 0 bridgehead atoms. The maximum Gasteiger partial charge on any atom is 0.244 e. The summed E-state index contributed by atoms with van der Waals surface area (Å²) in [6, 6.07) is 13.0. The molecule has 0 fully saturated rings. The van der Waals surface area contributed by atoms with E-state index >= 15 is 0 Å². The molecule has 4 nitrogen and oxygen atoms in total. The van der Waals surface area contributed by atoms with Gasteiger partial charge in [0.2, 0.25) is 10.0 Å². The zero-order chi connectivity index (χ0) is 19.2. The molecule has 1 aliphatic heterocycles. The van der Waals surface area contributed by atoms with Gasteiger partial charge < -0.3 is 4.57 Å². The van der Waals surface area contributed by atoms with Gasteiger partial charge in [-0.05, 0) is 54.1 Å². The number of fused-ring (bicyclic) bond motifs is 1. The first-order valence-corrected chi connectivity index (χ1v) is 10.4. The van der Waals surface area contributed by atoms with Crippen LogP contribution in [0.1, 0.15) is 17.3 Å². The molecule has 0 saturated carbocycles. The van der Waals surface area contributed by atoms with Crippen molar-refractivity contribution < 1.29 is 12.8 Å². The molecule has 140 valence electrons. The Balaban J connectivity index is 1.87. The molecule has 0 N–H and O–H groups in total. The van der Waals surface area contributed by atoms with Crippen molar-refractivity contribution in [2.24, 2.45) is 0 Å². The zero-order valence-electron chi connectivity index (χ0n) is 14.0. The van der Waals surface area contributed by atoms with Gasteiger partial charge in [-0.1, -0.05) is 29.3 Å². The third-order valence-corrected chi connectivity index (χ3v) is 7.11. The minimum Gasteiger partial charge on any atom is -0.348 e. The van der Waals surface area contributed by atoms with Crippen molar-refractivity contribution in [3.63, 3.8) is 0 Å². The van der Waals surface area contributed by atoms with Crippen LogP contribution in [-0.4, -0.2) is 23.8 Å². The van der Waals surface area contributed by atoms with Crippen molar-refractivity contribution >= 4 is 33.2 Å². The second kappa shape index (κ2) is 6.95. The Hall–Kier alpha value is -1.86. The fourth-order valence-corrected chi connectivity index (χ4v) is 5.48. The fourth-order valence-electron chi connectivity index (χ4n) is 3.40. The number of hydrogen-bond donors (Lipinski definition) is 0. The Morgan fingerprint density at radius 1 is 1.00 bits per heavy atom. The first-order valence-electron chi connectivity index (χ1n) is 8.25. The van der Waals surface area contributed by atoms with E-state index in [1.807, 2.05) is 22.9 Å². The maximum absolute atomic E-state index is 13.3. The van der Waals surface area contributed by atoms with Gasteiger partial charge in [-0.2, -0.15) is 4.31 Å². The number of sulfonamides is 1. The Labute approximate surface area is 166 Å². The van der Waals surface area contributed by atoms with E-state index in [0.717, 1.165) is 17.8 Å². The van der Waals surface area contributed by atoms with E-state index in [1.165, 1.54) is 16.4 Å². The molecule has 1 aliphatic rings. The molecule has 2 aromatic carbocycles. The SMILES string of the molecule is O=S(=O)(c1ccc(F)cc1)N1CCn2cccc2[C@H]1c1ccc(Cl)cc1Cl. The van der Waals surface area contributed by atoms with Crippen LogP contribution in [0.4, 0.5) is 4.39 Å². The lowest BCUT2D eigenvalue weighted by molar-refractivity contribution is 0.298. The first kappa shape index (κ1) is 18.5. The predicted molar refractivity (Wildman–Crippen MR) is 103 cm³/mol. The molecule has 1 aromatic heterocycles. The van der Waals surface area contributed by atoms with E-state index in [-0.39, 0.29) is 11.4 Å². The minimum atomic E-state index is -3.86. The lowest BCUT2D eigenvalue weighted by Crippen LogP contribution is -2.42. The smallest absolute Gasteiger partial charge is 0.244 e. The van der Waals surface area contributed by atoms with Crippen molar-refractivity contribution in [1.82, 2.24) is 8.87 Å². The highest BCUT2D eigenvalue weighted by atomic mass is 35.5. The summed E-state index contributed by atoms with van der Waals surface area (Å²) in [7, 11) is -3.86. The molecule has 0 amide bonds. The van der Waals surface area contributed by atoms with E-state index in [0.29, 0.717) is 22.2 Å². The van der Waals surface area contributed by atoms with Crippen LogP contribution in [-0.2, 0) is 16.6 Å². The van der Waals surface area contributed by atoms with Gasteiger partial charge in [-0.15, -0.1) is 0 Å². The van der Waals surface area contributed by atoms with Crippen molar-refractivity contribution in [3.8, 4) is 0 Å². The Morgan fingerprint density at radius 2 is 1.74 bits per heavy atom. The molecule has 0 saturated heterocycles. The molecule has 1 atom stereocenters. The normalized spacial score (nSPS) is 17.7. The molecule has 2 heterocycles. The van der Waals surface area contributed by atoms with Gasteiger partial charge in [0, 0.05) is 35.0 Å². The van der Waals surface area contributed by atoms with Crippen LogP contribution in [0, 0.1) is 5.82 Å². The summed E-state index contributed by atoms with van der Waals surface area (Å²) in [5.41, 5.74) is 1.46. The highest BCUT2D eigenvalue weighted by Gasteiger charge is 2.38. The number of halogens is 3. The van der Waals surface area contributed by atoms with Crippen molar-refractivity contribution in [2.75, 3.05) is 6.54 Å². The maximum atomic E-state index is 13.3. The second-order valence-electron chi connectivity index (χ2n) is 6.26. The molecular formula is C19H15Cl2FN2O2S. The molecule has 3 aromatic rings. The summed E-state index contributed by atoms with van der Waals surface area (Å²) in [5.74, 6) is -0.487. The zero-order valence-corrected chi connectivity index (χ0v) is 16.3. The number of hydrogen-bond acceptors (Lipinski definition) is 2. The lowest BCUT2D eigenvalue weighted by atomic mass is 10.0. The molecule has 27 heavy (non-hydrogen) atoms. The van der Waals surface area contributed by atoms with Crippen LogP contribution in [0.15, 0.2) is 65.7 Å². The van der Waals surface area contributed by atoms with E-state index in [9.17, 15) is 12.8 Å². The molecule has 8 heteroatoms. The quantitative estimate of drug-likeness (QED) is 0.609. The first-order chi connectivity index (χ1) is 12.9. The summed E-state index contributed by atoms with van der Waals surface area (Å²) < 4.78 is 43.3. The molecule has 0 radical (unpaired) electrons. The van der Waals surface area contributed by atoms with Crippen LogP contribution < -0.4 is 0 Å². The van der Waals surface area contributed by atoms with Gasteiger partial charge in [-0.25, -0.2) is 12.8 Å². The number of aromatic nitrogens is 1. The van der Waals surface area contributed by atoms with Gasteiger partial charge in [-0.3, -0.25) is 0 Å². The van der Waals surface area contributed by atoms with Crippen LogP contribution in [0.3, 0.4) is 0 Å². The Bertz CT molecular complexity index is 1100. The molecule has 4 rings (SSSR count). The standard InChI is InChI=1S/C19H15Cl2FN2O2S/c20-13-3-8-16(17(21)12-13)19-18-2-1-9-23(18)10-11-24(19)27(25,26)15-6-4-14(22)5-7-15/h1-9,12,19H,10-11H2/t19-/m1/s1.